The quantitative estimate of drug-likeness (QED) is 0.481. The molecule has 1 aliphatic rings. The smallest absolute Gasteiger partial charge is 0.153 e. The average molecular weight is 445 g/mol. The Morgan fingerprint density at radius 2 is 2.09 bits per heavy atom. The van der Waals surface area contributed by atoms with E-state index in [1.165, 1.54) is 25.9 Å². The predicted octanol–water partition coefficient (Wildman–Crippen LogP) is 6.05. The van der Waals surface area contributed by atoms with Gasteiger partial charge < -0.3 is 10.2 Å². The first-order valence-electron chi connectivity index (χ1n) is 12.1. The van der Waals surface area contributed by atoms with Crippen LogP contribution in [-0.4, -0.2) is 38.6 Å². The Kier molecular flexibility index (Phi) is 8.62. The van der Waals surface area contributed by atoms with Gasteiger partial charge in [-0.3, -0.25) is 0 Å². The molecule has 1 saturated heterocycles. The molecule has 0 radical (unpaired) electrons. The second-order valence-corrected chi connectivity index (χ2v) is 8.60. The number of aromatic nitrogens is 3. The third kappa shape index (κ3) is 6.21. The lowest BCUT2D eigenvalue weighted by atomic mass is 10.00. The van der Waals surface area contributed by atoms with Gasteiger partial charge in [0.15, 0.2) is 5.82 Å². The van der Waals surface area contributed by atoms with Gasteiger partial charge in [0.25, 0.3) is 0 Å². The van der Waals surface area contributed by atoms with Gasteiger partial charge in [-0.1, -0.05) is 33.8 Å². The molecule has 0 amide bonds. The number of hydrogen-bond acceptors (Lipinski definition) is 5. The van der Waals surface area contributed by atoms with Crippen LogP contribution in [0.1, 0.15) is 64.6 Å². The highest BCUT2D eigenvalue weighted by Gasteiger charge is 2.17. The lowest BCUT2D eigenvalue weighted by Gasteiger charge is -2.17. The molecule has 1 atom stereocenters. The number of pyridine rings is 2. The van der Waals surface area contributed by atoms with Gasteiger partial charge >= 0.3 is 0 Å². The summed E-state index contributed by atoms with van der Waals surface area (Å²) in [5.74, 6) is 0.791. The van der Waals surface area contributed by atoms with Crippen molar-refractivity contribution in [3.8, 4) is 17.2 Å². The van der Waals surface area contributed by atoms with Gasteiger partial charge in [0.2, 0.25) is 0 Å². The van der Waals surface area contributed by atoms with Crippen molar-refractivity contribution in [3.05, 3.63) is 60.2 Å². The molecule has 6 nitrogen and oxygen atoms in total. The van der Waals surface area contributed by atoms with Crippen LogP contribution >= 0.6 is 0 Å². The molecule has 33 heavy (non-hydrogen) atoms. The van der Waals surface area contributed by atoms with Crippen LogP contribution in [0, 0.1) is 11.3 Å². The van der Waals surface area contributed by atoms with Gasteiger partial charge in [-0.05, 0) is 80.6 Å². The Morgan fingerprint density at radius 3 is 2.70 bits per heavy atom. The third-order valence-corrected chi connectivity index (χ3v) is 6.21. The summed E-state index contributed by atoms with van der Waals surface area (Å²) in [5, 5.41) is 16.9. The van der Waals surface area contributed by atoms with Crippen LogP contribution in [-0.2, 0) is 6.42 Å². The van der Waals surface area contributed by atoms with Crippen LogP contribution in [0.4, 0.5) is 5.82 Å². The van der Waals surface area contributed by atoms with Crippen molar-refractivity contribution in [2.45, 2.75) is 65.8 Å². The van der Waals surface area contributed by atoms with Gasteiger partial charge in [0.1, 0.15) is 11.8 Å². The first-order chi connectivity index (χ1) is 16.0. The summed E-state index contributed by atoms with van der Waals surface area (Å²) in [6, 6.07) is 10.9. The number of rotatable bonds is 7. The first-order valence-corrected chi connectivity index (χ1v) is 12.1. The molecule has 0 bridgehead atoms. The highest BCUT2D eigenvalue weighted by atomic mass is 15.3. The molecule has 1 aliphatic heterocycles. The summed E-state index contributed by atoms with van der Waals surface area (Å²) in [6.45, 7) is 15.4. The summed E-state index contributed by atoms with van der Waals surface area (Å²) in [5.41, 5.74) is 5.61. The topological polar surface area (TPSA) is 69.2 Å². The lowest BCUT2D eigenvalue weighted by Crippen LogP contribution is -2.25. The van der Waals surface area contributed by atoms with Gasteiger partial charge in [0, 0.05) is 30.2 Å². The van der Waals surface area contributed by atoms with Crippen molar-refractivity contribution < 1.29 is 0 Å². The van der Waals surface area contributed by atoms with Gasteiger partial charge in [0.05, 0.1) is 5.52 Å². The van der Waals surface area contributed by atoms with Crippen LogP contribution < -0.4 is 5.32 Å². The molecule has 4 heterocycles. The van der Waals surface area contributed by atoms with Crippen molar-refractivity contribution in [2.75, 3.05) is 18.4 Å². The minimum atomic E-state index is 0.429. The number of hydrogen-bond donors (Lipinski definition) is 1. The SMILES string of the molecule is C=C(CCC)Nc1cc2cc(-c3cc(C#N)ncc3CC)ccn2n1.CCN1CCCC1C. The van der Waals surface area contributed by atoms with E-state index in [0.717, 1.165) is 59.0 Å². The number of fused-ring (bicyclic) bond motifs is 1. The van der Waals surface area contributed by atoms with Crippen molar-refractivity contribution in [1.29, 1.82) is 5.26 Å². The summed E-state index contributed by atoms with van der Waals surface area (Å²) >= 11 is 0. The molecule has 6 heteroatoms. The Morgan fingerprint density at radius 1 is 1.27 bits per heavy atom. The molecule has 3 aromatic rings. The molecule has 4 rings (SSSR count). The van der Waals surface area contributed by atoms with Crippen LogP contribution in [0.5, 0.6) is 0 Å². The minimum absolute atomic E-state index is 0.429. The molecule has 3 aromatic heterocycles. The maximum absolute atomic E-state index is 9.13. The van der Waals surface area contributed by atoms with Gasteiger partial charge in [-0.2, -0.15) is 10.4 Å². The lowest BCUT2D eigenvalue weighted by molar-refractivity contribution is 0.284. The third-order valence-electron chi connectivity index (χ3n) is 6.21. The van der Waals surface area contributed by atoms with Crippen molar-refractivity contribution in [3.63, 3.8) is 0 Å². The minimum Gasteiger partial charge on any atom is -0.343 e. The molecular weight excluding hydrogens is 408 g/mol. The molecule has 0 spiro atoms. The Balaban J connectivity index is 0.000000323. The van der Waals surface area contributed by atoms with E-state index in [1.807, 2.05) is 28.9 Å². The van der Waals surface area contributed by atoms with E-state index in [4.69, 9.17) is 5.26 Å². The van der Waals surface area contributed by atoms with E-state index in [0.29, 0.717) is 5.69 Å². The van der Waals surface area contributed by atoms with E-state index in [9.17, 15) is 0 Å². The van der Waals surface area contributed by atoms with Crippen LogP contribution in [0.2, 0.25) is 0 Å². The summed E-state index contributed by atoms with van der Waals surface area (Å²) in [6.07, 6.45) is 9.38. The monoisotopic (exact) mass is 444 g/mol. The Bertz CT molecular complexity index is 1120. The van der Waals surface area contributed by atoms with Crippen molar-refractivity contribution in [1.82, 2.24) is 19.5 Å². The number of nitriles is 1. The van der Waals surface area contributed by atoms with Crippen LogP contribution in [0.15, 0.2) is 48.9 Å². The molecule has 174 valence electrons. The molecule has 1 unspecified atom stereocenters. The number of nitrogens with zero attached hydrogens (tertiary/aromatic N) is 5. The maximum atomic E-state index is 9.13. The zero-order valence-corrected chi connectivity index (χ0v) is 20.4. The average Bonchev–Trinajstić information content (AvgIpc) is 3.43. The van der Waals surface area contributed by atoms with Gasteiger partial charge in [-0.15, -0.1) is 0 Å². The van der Waals surface area contributed by atoms with Crippen molar-refractivity contribution in [2.24, 2.45) is 0 Å². The molecule has 1 fully saturated rings. The second-order valence-electron chi connectivity index (χ2n) is 8.60. The van der Waals surface area contributed by atoms with Crippen molar-refractivity contribution >= 4 is 11.3 Å². The molecule has 0 aromatic carbocycles. The normalized spacial score (nSPS) is 15.7. The fourth-order valence-electron chi connectivity index (χ4n) is 4.33. The Hall–Kier alpha value is -3.17. The molecular formula is C27H36N6. The summed E-state index contributed by atoms with van der Waals surface area (Å²) in [7, 11) is 0. The Labute approximate surface area is 198 Å². The van der Waals surface area contributed by atoms with E-state index < -0.39 is 0 Å². The summed E-state index contributed by atoms with van der Waals surface area (Å²) < 4.78 is 1.84. The maximum Gasteiger partial charge on any atom is 0.153 e. The number of aryl methyl sites for hydroxylation is 1. The van der Waals surface area contributed by atoms with E-state index in [1.54, 1.807) is 6.20 Å². The molecule has 1 N–H and O–H groups in total. The summed E-state index contributed by atoms with van der Waals surface area (Å²) in [4.78, 5) is 6.70. The van der Waals surface area contributed by atoms with Crippen LogP contribution in [0.3, 0.4) is 0 Å². The zero-order valence-electron chi connectivity index (χ0n) is 20.4. The highest BCUT2D eigenvalue weighted by Crippen LogP contribution is 2.27. The number of likely N-dealkylation sites (tertiary alicyclic amines) is 1. The number of anilines is 1. The highest BCUT2D eigenvalue weighted by molar-refractivity contribution is 5.73. The predicted molar refractivity (Wildman–Crippen MR) is 136 cm³/mol. The van der Waals surface area contributed by atoms with Gasteiger partial charge in [-0.25, -0.2) is 9.50 Å². The van der Waals surface area contributed by atoms with E-state index in [2.05, 4.69) is 66.7 Å². The standard InChI is InChI=1S/C20H21N5.C7H15N/c1-4-6-14(3)23-20-11-18-9-16(7-8-25(18)24-20)19-10-17(12-21)22-13-15(19)5-2;1-3-8-6-4-5-7(8)2/h7-11,13H,3-6H2,1-2H3,(H,23,24);7H,3-6H2,1-2H3. The number of nitrogens with one attached hydrogen (secondary N) is 1. The molecule has 0 aliphatic carbocycles. The molecule has 0 saturated carbocycles. The van der Waals surface area contributed by atoms with E-state index in [-0.39, 0.29) is 0 Å². The fraction of sp³-hybridized carbons (Fsp3) is 0.444. The number of allylic oxidation sites excluding steroid dienone is 1. The fourth-order valence-corrected chi connectivity index (χ4v) is 4.33. The second kappa shape index (κ2) is 11.6. The van der Waals surface area contributed by atoms with Crippen LogP contribution in [0.25, 0.3) is 16.6 Å². The first kappa shape index (κ1) is 24.5. The van der Waals surface area contributed by atoms with E-state index >= 15 is 0 Å². The largest absolute Gasteiger partial charge is 0.343 e. The zero-order chi connectivity index (χ0) is 23.8.